The molecule has 0 aliphatic heterocycles. The number of halogens is 1. The van der Waals surface area contributed by atoms with Gasteiger partial charge in [0.2, 0.25) is 0 Å². The van der Waals surface area contributed by atoms with Crippen molar-refractivity contribution in [3.05, 3.63) is 74.3 Å². The van der Waals surface area contributed by atoms with Crippen LogP contribution >= 0.6 is 11.6 Å². The standard InChI is InChI=1S/C16H15ClN2O3/c17-13-6-5-10(7-14(13)19(21)22)9-18-16-12-4-2-1-3-11(12)8-15(16)20/h1-7,15-16,18,20H,8-9H2/t15-,16+/m0/s1. The summed E-state index contributed by atoms with van der Waals surface area (Å²) in [6, 6.07) is 12.5. The van der Waals surface area contributed by atoms with E-state index in [0.717, 1.165) is 16.7 Å². The fraction of sp³-hybridized carbons (Fsp3) is 0.250. The SMILES string of the molecule is O=[N+]([O-])c1cc(CN[C@@H]2c3ccccc3C[C@@H]2O)ccc1Cl. The van der Waals surface area contributed by atoms with Crippen LogP contribution in [0.3, 0.4) is 0 Å². The Bertz CT molecular complexity index is 720. The van der Waals surface area contributed by atoms with Crippen molar-refractivity contribution in [2.75, 3.05) is 0 Å². The molecular formula is C16H15ClN2O3. The molecule has 0 saturated carbocycles. The van der Waals surface area contributed by atoms with Crippen molar-refractivity contribution in [3.8, 4) is 0 Å². The van der Waals surface area contributed by atoms with Crippen molar-refractivity contribution in [3.63, 3.8) is 0 Å². The predicted octanol–water partition coefficient (Wildman–Crippen LogP) is 3.00. The highest BCUT2D eigenvalue weighted by atomic mass is 35.5. The predicted molar refractivity (Wildman–Crippen MR) is 83.8 cm³/mol. The summed E-state index contributed by atoms with van der Waals surface area (Å²) < 4.78 is 0. The van der Waals surface area contributed by atoms with Gasteiger partial charge in [0.15, 0.2) is 0 Å². The van der Waals surface area contributed by atoms with Gasteiger partial charge in [-0.15, -0.1) is 0 Å². The first kappa shape index (κ1) is 15.0. The van der Waals surface area contributed by atoms with E-state index >= 15 is 0 Å². The lowest BCUT2D eigenvalue weighted by molar-refractivity contribution is -0.384. The minimum absolute atomic E-state index is 0.103. The van der Waals surface area contributed by atoms with E-state index in [4.69, 9.17) is 11.6 Å². The van der Waals surface area contributed by atoms with E-state index in [-0.39, 0.29) is 16.8 Å². The summed E-state index contributed by atoms with van der Waals surface area (Å²) in [6.07, 6.45) is 0.133. The van der Waals surface area contributed by atoms with Crippen LogP contribution < -0.4 is 5.32 Å². The molecule has 0 unspecified atom stereocenters. The second kappa shape index (κ2) is 6.04. The summed E-state index contributed by atoms with van der Waals surface area (Å²) in [7, 11) is 0. The lowest BCUT2D eigenvalue weighted by atomic mass is 10.1. The fourth-order valence-corrected chi connectivity index (χ4v) is 3.04. The number of aliphatic hydroxyl groups excluding tert-OH is 1. The number of fused-ring (bicyclic) bond motifs is 1. The van der Waals surface area contributed by atoms with Crippen LogP contribution in [0.5, 0.6) is 0 Å². The molecule has 22 heavy (non-hydrogen) atoms. The summed E-state index contributed by atoms with van der Waals surface area (Å²) >= 11 is 5.81. The van der Waals surface area contributed by atoms with Gasteiger partial charge in [-0.2, -0.15) is 0 Å². The minimum atomic E-state index is -0.494. The summed E-state index contributed by atoms with van der Waals surface area (Å²) in [5.74, 6) is 0. The molecule has 0 radical (unpaired) electrons. The number of benzene rings is 2. The number of nitrogens with one attached hydrogen (secondary N) is 1. The largest absolute Gasteiger partial charge is 0.391 e. The summed E-state index contributed by atoms with van der Waals surface area (Å²) in [4.78, 5) is 10.4. The molecule has 0 heterocycles. The number of nitro benzene ring substituents is 1. The van der Waals surface area contributed by atoms with Crippen LogP contribution in [0.1, 0.15) is 22.7 Å². The molecule has 0 fully saturated rings. The first-order valence-electron chi connectivity index (χ1n) is 6.98. The van der Waals surface area contributed by atoms with Crippen molar-refractivity contribution in [2.45, 2.75) is 25.1 Å². The molecular weight excluding hydrogens is 304 g/mol. The molecule has 2 aromatic carbocycles. The van der Waals surface area contributed by atoms with E-state index in [1.54, 1.807) is 6.07 Å². The van der Waals surface area contributed by atoms with Crippen LogP contribution in [0.15, 0.2) is 42.5 Å². The van der Waals surface area contributed by atoms with Gasteiger partial charge in [0.1, 0.15) is 5.02 Å². The molecule has 1 aliphatic rings. The third-order valence-corrected chi connectivity index (χ3v) is 4.26. The highest BCUT2D eigenvalue weighted by Gasteiger charge is 2.30. The molecule has 3 rings (SSSR count). The Hall–Kier alpha value is -1.95. The Kier molecular flexibility index (Phi) is 4.11. The number of hydrogen-bond donors (Lipinski definition) is 2. The van der Waals surface area contributed by atoms with Crippen LogP contribution in [0.4, 0.5) is 5.69 Å². The smallest absolute Gasteiger partial charge is 0.288 e. The van der Waals surface area contributed by atoms with E-state index in [2.05, 4.69) is 5.32 Å². The molecule has 0 spiro atoms. The number of rotatable bonds is 4. The quantitative estimate of drug-likeness (QED) is 0.671. The monoisotopic (exact) mass is 318 g/mol. The fourth-order valence-electron chi connectivity index (χ4n) is 2.86. The lowest BCUT2D eigenvalue weighted by Gasteiger charge is -2.18. The van der Waals surface area contributed by atoms with Crippen LogP contribution in [0, 0.1) is 10.1 Å². The van der Waals surface area contributed by atoms with Crippen molar-refractivity contribution in [1.29, 1.82) is 0 Å². The van der Waals surface area contributed by atoms with Gasteiger partial charge in [0.05, 0.1) is 17.1 Å². The number of nitrogens with zero attached hydrogens (tertiary/aromatic N) is 1. The minimum Gasteiger partial charge on any atom is -0.391 e. The molecule has 0 aromatic heterocycles. The van der Waals surface area contributed by atoms with E-state index in [0.29, 0.717) is 13.0 Å². The highest BCUT2D eigenvalue weighted by Crippen LogP contribution is 2.32. The molecule has 2 aromatic rings. The Balaban J connectivity index is 1.76. The third-order valence-electron chi connectivity index (χ3n) is 3.94. The van der Waals surface area contributed by atoms with Crippen LogP contribution in [0.25, 0.3) is 0 Å². The average Bonchev–Trinajstić information content (AvgIpc) is 2.81. The average molecular weight is 319 g/mol. The lowest BCUT2D eigenvalue weighted by Crippen LogP contribution is -2.28. The molecule has 114 valence electrons. The third kappa shape index (κ3) is 2.83. The molecule has 2 atom stereocenters. The van der Waals surface area contributed by atoms with Crippen LogP contribution in [-0.4, -0.2) is 16.1 Å². The second-order valence-electron chi connectivity index (χ2n) is 5.37. The van der Waals surface area contributed by atoms with Crippen LogP contribution in [0.2, 0.25) is 5.02 Å². The van der Waals surface area contributed by atoms with Crippen molar-refractivity contribution >= 4 is 17.3 Å². The maximum atomic E-state index is 10.9. The van der Waals surface area contributed by atoms with Gasteiger partial charge in [0.25, 0.3) is 5.69 Å². The van der Waals surface area contributed by atoms with E-state index in [1.807, 2.05) is 24.3 Å². The Morgan fingerprint density at radius 1 is 1.32 bits per heavy atom. The van der Waals surface area contributed by atoms with E-state index in [9.17, 15) is 15.2 Å². The molecule has 5 nitrogen and oxygen atoms in total. The Morgan fingerprint density at radius 3 is 2.86 bits per heavy atom. The van der Waals surface area contributed by atoms with Crippen molar-refractivity contribution < 1.29 is 10.0 Å². The maximum Gasteiger partial charge on any atom is 0.288 e. The second-order valence-corrected chi connectivity index (χ2v) is 5.78. The van der Waals surface area contributed by atoms with Crippen LogP contribution in [-0.2, 0) is 13.0 Å². The zero-order valence-electron chi connectivity index (χ0n) is 11.7. The molecule has 2 N–H and O–H groups in total. The molecule has 0 bridgehead atoms. The van der Waals surface area contributed by atoms with Gasteiger partial charge >= 0.3 is 0 Å². The number of hydrogen-bond acceptors (Lipinski definition) is 4. The Morgan fingerprint density at radius 2 is 2.09 bits per heavy atom. The first-order valence-corrected chi connectivity index (χ1v) is 7.36. The van der Waals surface area contributed by atoms with Gasteiger partial charge in [-0.05, 0) is 22.8 Å². The highest BCUT2D eigenvalue weighted by molar-refractivity contribution is 6.32. The number of nitro groups is 1. The topological polar surface area (TPSA) is 75.4 Å². The van der Waals surface area contributed by atoms with Crippen molar-refractivity contribution in [2.24, 2.45) is 0 Å². The zero-order chi connectivity index (χ0) is 15.7. The molecule has 0 amide bonds. The van der Waals surface area contributed by atoms with E-state index < -0.39 is 11.0 Å². The summed E-state index contributed by atoms with van der Waals surface area (Å²) in [5.41, 5.74) is 2.87. The molecule has 0 saturated heterocycles. The maximum absolute atomic E-state index is 10.9. The summed E-state index contributed by atoms with van der Waals surface area (Å²) in [5, 5.41) is 24.5. The van der Waals surface area contributed by atoms with Gasteiger partial charge in [-0.1, -0.05) is 41.9 Å². The number of aliphatic hydroxyl groups is 1. The van der Waals surface area contributed by atoms with Gasteiger partial charge < -0.3 is 10.4 Å². The normalized spacial score (nSPS) is 19.9. The molecule has 1 aliphatic carbocycles. The van der Waals surface area contributed by atoms with E-state index in [1.165, 1.54) is 12.1 Å². The van der Waals surface area contributed by atoms with Crippen molar-refractivity contribution in [1.82, 2.24) is 5.32 Å². The first-order chi connectivity index (χ1) is 10.6. The Labute approximate surface area is 132 Å². The van der Waals surface area contributed by atoms with Gasteiger partial charge in [-0.25, -0.2) is 0 Å². The molecule has 6 heteroatoms. The zero-order valence-corrected chi connectivity index (χ0v) is 12.5. The van der Waals surface area contributed by atoms with Gasteiger partial charge in [-0.3, -0.25) is 10.1 Å². The van der Waals surface area contributed by atoms with Gasteiger partial charge in [0, 0.05) is 19.0 Å². The summed E-state index contributed by atoms with van der Waals surface area (Å²) in [6.45, 7) is 0.425.